The lowest BCUT2D eigenvalue weighted by molar-refractivity contribution is -0.274. The predicted molar refractivity (Wildman–Crippen MR) is 167 cm³/mol. The van der Waals surface area contributed by atoms with Crippen molar-refractivity contribution in [2.45, 2.75) is 51.6 Å². The van der Waals surface area contributed by atoms with E-state index in [0.29, 0.717) is 33.7 Å². The summed E-state index contributed by atoms with van der Waals surface area (Å²) in [5.41, 5.74) is 3.88. The summed E-state index contributed by atoms with van der Waals surface area (Å²) in [5.74, 6) is 1.15. The summed E-state index contributed by atoms with van der Waals surface area (Å²) in [5, 5.41) is 17.6. The number of nitriles is 1. The number of hydrogen-bond acceptors (Lipinski definition) is 6. The van der Waals surface area contributed by atoms with Gasteiger partial charge < -0.3 is 15.0 Å². The Balaban J connectivity index is 1.28. The molecule has 1 saturated heterocycles. The molecule has 0 radical (unpaired) electrons. The molecule has 9 nitrogen and oxygen atoms in total. The molecule has 0 spiro atoms. The van der Waals surface area contributed by atoms with E-state index in [1.54, 1.807) is 24.3 Å². The number of nitrogens with zero attached hydrogens (tertiary/aromatic N) is 6. The molecule has 1 N–H and O–H groups in total. The van der Waals surface area contributed by atoms with Gasteiger partial charge in [-0.2, -0.15) is 10.3 Å². The molecule has 3 aromatic carbocycles. The maximum Gasteiger partial charge on any atom is 0.573 e. The van der Waals surface area contributed by atoms with Gasteiger partial charge in [0.2, 0.25) is 0 Å². The molecule has 5 rings (SSSR count). The summed E-state index contributed by atoms with van der Waals surface area (Å²) in [6, 6.07) is 20.9. The van der Waals surface area contributed by atoms with Gasteiger partial charge in [0.15, 0.2) is 11.0 Å². The van der Waals surface area contributed by atoms with Crippen molar-refractivity contribution in [1.29, 1.82) is 5.26 Å². The molecule has 2 atom stereocenters. The Morgan fingerprint density at radius 1 is 1.11 bits per heavy atom. The van der Waals surface area contributed by atoms with E-state index < -0.39 is 18.4 Å². The maximum absolute atomic E-state index is 13.1. The molecule has 13 heteroatoms. The number of ether oxygens (including phenoxy) is 1. The number of carbonyl (C=O) groups excluding carboxylic acids is 1. The number of aliphatic imine (C=N–C) groups is 1. The Bertz CT molecular complexity index is 1710. The van der Waals surface area contributed by atoms with Crippen LogP contribution in [0.4, 0.5) is 23.7 Å². The van der Waals surface area contributed by atoms with Crippen LogP contribution in [0.1, 0.15) is 50.3 Å². The Morgan fingerprint density at radius 3 is 2.49 bits per heavy atom. The Morgan fingerprint density at radius 2 is 1.82 bits per heavy atom. The first kappa shape index (κ1) is 31.6. The van der Waals surface area contributed by atoms with E-state index in [-0.39, 0.29) is 11.8 Å². The van der Waals surface area contributed by atoms with E-state index in [0.717, 1.165) is 17.9 Å². The number of rotatable bonds is 7. The number of amides is 2. The topological polar surface area (TPSA) is 108 Å². The number of para-hydroxylation sites is 1. The van der Waals surface area contributed by atoms with Gasteiger partial charge in [-0.1, -0.05) is 68.1 Å². The molecule has 0 saturated carbocycles. The normalized spacial score (nSPS) is 16.8. The smallest absolute Gasteiger partial charge is 0.406 e. The highest BCUT2D eigenvalue weighted by molar-refractivity contribution is 8.14. The largest absolute Gasteiger partial charge is 0.573 e. The zero-order valence-corrected chi connectivity index (χ0v) is 25.5. The van der Waals surface area contributed by atoms with E-state index in [9.17, 15) is 23.2 Å². The zero-order valence-electron chi connectivity index (χ0n) is 24.7. The third-order valence-corrected chi connectivity index (χ3v) is 8.14. The first-order valence-electron chi connectivity index (χ1n) is 14.2. The van der Waals surface area contributed by atoms with Crippen LogP contribution in [0.3, 0.4) is 0 Å². The average Bonchev–Trinajstić information content (AvgIpc) is 3.50. The zero-order chi connectivity index (χ0) is 32.1. The lowest BCUT2D eigenvalue weighted by Gasteiger charge is -2.37. The Kier molecular flexibility index (Phi) is 9.43. The number of nitrogens with one attached hydrogen (secondary N) is 1. The molecule has 1 aromatic heterocycles. The van der Waals surface area contributed by atoms with Crippen LogP contribution in [-0.4, -0.2) is 44.1 Å². The van der Waals surface area contributed by atoms with Gasteiger partial charge in [-0.3, -0.25) is 0 Å². The van der Waals surface area contributed by atoms with Crippen LogP contribution < -0.4 is 15.0 Å². The number of carbonyl (C=O) groups is 1. The summed E-state index contributed by atoms with van der Waals surface area (Å²) in [7, 11) is 0. The molecule has 0 aliphatic carbocycles. The standard InChI is InChI=1S/C32H30F3N7O2S/c1-20(2)26-6-4-5-7-28(26)42-21(3)16-17-45-31(42)39-30(43)38-27(18-36)22-8-10-23(11-9-22)29-37-19-41(40-29)24-12-14-25(15-13-24)44-32(33,34)35/h4-15,19-21,27H,16-17H2,1-3H3,(H,38,43)/b39-31-. The third-order valence-electron chi connectivity index (χ3n) is 7.15. The van der Waals surface area contributed by atoms with E-state index >= 15 is 0 Å². The number of thioether (sulfide) groups is 1. The quantitative estimate of drug-likeness (QED) is 0.223. The first-order chi connectivity index (χ1) is 21.5. The molecule has 4 aromatic rings. The lowest BCUT2D eigenvalue weighted by atomic mass is 9.99. The van der Waals surface area contributed by atoms with E-state index in [1.807, 2.05) is 18.2 Å². The number of alkyl halides is 3. The van der Waals surface area contributed by atoms with Crippen molar-refractivity contribution < 1.29 is 22.7 Å². The maximum atomic E-state index is 13.1. The minimum Gasteiger partial charge on any atom is -0.406 e. The highest BCUT2D eigenvalue weighted by Gasteiger charge is 2.31. The molecule has 1 aliphatic rings. The van der Waals surface area contributed by atoms with E-state index in [4.69, 9.17) is 0 Å². The van der Waals surface area contributed by atoms with E-state index in [1.165, 1.54) is 52.6 Å². The number of anilines is 1. The molecular weight excluding hydrogens is 603 g/mol. The number of urea groups is 1. The summed E-state index contributed by atoms with van der Waals surface area (Å²) in [6.45, 7) is 6.38. The molecule has 45 heavy (non-hydrogen) atoms. The summed E-state index contributed by atoms with van der Waals surface area (Å²) >= 11 is 1.52. The third kappa shape index (κ3) is 7.64. The van der Waals surface area contributed by atoms with Crippen LogP contribution in [0.2, 0.25) is 0 Å². The number of amidine groups is 1. The van der Waals surface area contributed by atoms with Crippen LogP contribution in [0.25, 0.3) is 17.1 Å². The van der Waals surface area contributed by atoms with Crippen LogP contribution in [0, 0.1) is 11.3 Å². The second-order valence-electron chi connectivity index (χ2n) is 10.7. The second-order valence-corrected chi connectivity index (χ2v) is 11.7. The van der Waals surface area contributed by atoms with Crippen LogP contribution in [0.15, 0.2) is 84.1 Å². The van der Waals surface area contributed by atoms with E-state index in [2.05, 4.69) is 62.9 Å². The summed E-state index contributed by atoms with van der Waals surface area (Å²) in [6.07, 6.45) is -2.39. The van der Waals surface area contributed by atoms with Crippen molar-refractivity contribution in [1.82, 2.24) is 20.1 Å². The van der Waals surface area contributed by atoms with Gasteiger partial charge in [0, 0.05) is 23.0 Å². The SMILES string of the molecule is CC(C)c1ccccc1N1/C(=N/C(=O)NC(C#N)c2ccc(-c3ncn(-c4ccc(OC(F)(F)F)cc4)n3)cc2)SCCC1C. The van der Waals surface area contributed by atoms with Crippen molar-refractivity contribution in [2.75, 3.05) is 10.7 Å². The lowest BCUT2D eigenvalue weighted by Crippen LogP contribution is -2.42. The minimum atomic E-state index is -4.77. The number of aromatic nitrogens is 3. The Hall–Kier alpha value is -4.83. The fourth-order valence-corrected chi connectivity index (χ4v) is 6.11. The summed E-state index contributed by atoms with van der Waals surface area (Å²) < 4.78 is 42.6. The van der Waals surface area contributed by atoms with Crippen molar-refractivity contribution in [3.05, 3.63) is 90.3 Å². The first-order valence-corrected chi connectivity index (χ1v) is 15.2. The van der Waals surface area contributed by atoms with Crippen molar-refractivity contribution in [3.8, 4) is 28.9 Å². The summed E-state index contributed by atoms with van der Waals surface area (Å²) in [4.78, 5) is 23.9. The van der Waals surface area contributed by atoms with Gasteiger partial charge >= 0.3 is 12.4 Å². The fourth-order valence-electron chi connectivity index (χ4n) is 4.91. The second kappa shape index (κ2) is 13.4. The molecule has 1 fully saturated rings. The highest BCUT2D eigenvalue weighted by Crippen LogP contribution is 2.35. The van der Waals surface area contributed by atoms with Gasteiger partial charge in [-0.25, -0.2) is 14.5 Å². The van der Waals surface area contributed by atoms with Gasteiger partial charge in [-0.15, -0.1) is 18.3 Å². The van der Waals surface area contributed by atoms with Gasteiger partial charge in [0.1, 0.15) is 18.1 Å². The molecule has 232 valence electrons. The number of hydrogen-bond donors (Lipinski definition) is 1. The Labute approximate surface area is 262 Å². The minimum absolute atomic E-state index is 0.150. The molecule has 2 heterocycles. The molecule has 1 aliphatic heterocycles. The van der Waals surface area contributed by atoms with Gasteiger partial charge in [0.25, 0.3) is 0 Å². The van der Waals surface area contributed by atoms with Crippen molar-refractivity contribution in [2.24, 2.45) is 4.99 Å². The number of benzene rings is 3. The number of halogens is 3. The molecule has 2 unspecified atom stereocenters. The molecular formula is C32H30F3N7O2S. The van der Waals surface area contributed by atoms with Crippen LogP contribution in [0.5, 0.6) is 5.75 Å². The fraction of sp³-hybridized carbons (Fsp3) is 0.281. The molecule has 2 amide bonds. The monoisotopic (exact) mass is 633 g/mol. The van der Waals surface area contributed by atoms with Gasteiger partial charge in [0.05, 0.1) is 11.8 Å². The van der Waals surface area contributed by atoms with Crippen molar-refractivity contribution in [3.63, 3.8) is 0 Å². The molecule has 0 bridgehead atoms. The van der Waals surface area contributed by atoms with Crippen LogP contribution in [-0.2, 0) is 0 Å². The van der Waals surface area contributed by atoms with Crippen molar-refractivity contribution >= 4 is 28.6 Å². The predicted octanol–water partition coefficient (Wildman–Crippen LogP) is 7.62. The van der Waals surface area contributed by atoms with Crippen LogP contribution >= 0.6 is 11.8 Å². The average molecular weight is 634 g/mol. The van der Waals surface area contributed by atoms with Gasteiger partial charge in [-0.05, 0) is 60.7 Å². The highest BCUT2D eigenvalue weighted by atomic mass is 32.2.